The number of ether oxygens (including phenoxy) is 1. The summed E-state index contributed by atoms with van der Waals surface area (Å²) in [5.74, 6) is -0.989. The number of phenolic OH excluding ortho intramolecular Hbond substituents is 1. The molecule has 2 rings (SSSR count). The van der Waals surface area contributed by atoms with Crippen LogP contribution in [0.3, 0.4) is 0 Å². The molecule has 192 valence electrons. The van der Waals surface area contributed by atoms with E-state index < -0.39 is 35.6 Å². The highest BCUT2D eigenvalue weighted by molar-refractivity contribution is 5.93. The lowest BCUT2D eigenvalue weighted by Gasteiger charge is -2.30. The molecule has 0 aliphatic rings. The van der Waals surface area contributed by atoms with E-state index >= 15 is 0 Å². The quantitative estimate of drug-likeness (QED) is 0.264. The molecule has 0 aliphatic heterocycles. The van der Waals surface area contributed by atoms with E-state index in [2.05, 4.69) is 16.7 Å². The second kappa shape index (κ2) is 13.2. The number of hydrogen-bond donors (Lipinski definition) is 3. The highest BCUT2D eigenvalue weighted by atomic mass is 16.6. The number of nitrogens with zero attached hydrogens (tertiary/aromatic N) is 1. The number of nitrogens with one attached hydrogen (secondary N) is 2. The molecule has 0 heterocycles. The van der Waals surface area contributed by atoms with Gasteiger partial charge in [-0.25, -0.2) is 4.79 Å². The van der Waals surface area contributed by atoms with E-state index in [0.717, 1.165) is 17.7 Å². The zero-order valence-electron chi connectivity index (χ0n) is 21.3. The monoisotopic (exact) mass is 493 g/mol. The second-order valence-corrected chi connectivity index (χ2v) is 9.36. The lowest BCUT2D eigenvalue weighted by molar-refractivity contribution is -0.138. The third-order valence-electron chi connectivity index (χ3n) is 5.19. The summed E-state index contributed by atoms with van der Waals surface area (Å²) >= 11 is 0. The lowest BCUT2D eigenvalue weighted by Crippen LogP contribution is -2.52. The molecule has 0 aromatic heterocycles. The van der Waals surface area contributed by atoms with Crippen LogP contribution in [0.4, 0.5) is 4.79 Å². The van der Waals surface area contributed by atoms with E-state index in [0.29, 0.717) is 17.7 Å². The van der Waals surface area contributed by atoms with Gasteiger partial charge in [-0.2, -0.15) is 0 Å². The minimum absolute atomic E-state index is 0.0650. The molecule has 3 N–H and O–H groups in total. The molecular weight excluding hydrogens is 458 g/mol. The number of benzene rings is 2. The summed E-state index contributed by atoms with van der Waals surface area (Å²) in [6, 6.07) is 15.1. The molecular formula is C28H35N3O5. The molecule has 0 fully saturated rings. The molecule has 3 amide bonds. The highest BCUT2D eigenvalue weighted by Crippen LogP contribution is 2.23. The zero-order valence-corrected chi connectivity index (χ0v) is 21.3. The smallest absolute Gasteiger partial charge is 0.408 e. The SMILES string of the molecule is C#CN(C(=O)C(Cc1ccc(O)cc1)NC(=O)OC(C)(C)C)C(C(=O)NCCCC)c1ccccc1. The van der Waals surface area contributed by atoms with Gasteiger partial charge in [0.25, 0.3) is 5.91 Å². The number of amides is 3. The summed E-state index contributed by atoms with van der Waals surface area (Å²) in [5, 5.41) is 15.1. The number of alkyl carbamates (subject to hydrolysis) is 1. The van der Waals surface area contributed by atoms with Crippen molar-refractivity contribution < 1.29 is 24.2 Å². The van der Waals surface area contributed by atoms with Gasteiger partial charge in [0.1, 0.15) is 23.4 Å². The van der Waals surface area contributed by atoms with Crippen LogP contribution in [0.15, 0.2) is 54.6 Å². The average Bonchev–Trinajstić information content (AvgIpc) is 2.82. The molecule has 0 spiro atoms. The largest absolute Gasteiger partial charge is 0.508 e. The molecule has 2 aromatic carbocycles. The van der Waals surface area contributed by atoms with E-state index in [-0.39, 0.29) is 12.2 Å². The number of carbonyl (C=O) groups excluding carboxylic acids is 3. The van der Waals surface area contributed by atoms with Gasteiger partial charge in [-0.15, -0.1) is 0 Å². The zero-order chi connectivity index (χ0) is 26.7. The molecule has 36 heavy (non-hydrogen) atoms. The van der Waals surface area contributed by atoms with Gasteiger partial charge >= 0.3 is 6.09 Å². The van der Waals surface area contributed by atoms with E-state index in [1.165, 1.54) is 12.1 Å². The van der Waals surface area contributed by atoms with Crippen molar-refractivity contribution in [3.63, 3.8) is 0 Å². The van der Waals surface area contributed by atoms with Crippen molar-refractivity contribution in [3.8, 4) is 18.2 Å². The Balaban J connectivity index is 2.41. The van der Waals surface area contributed by atoms with Gasteiger partial charge in [0, 0.05) is 19.0 Å². The standard InChI is InChI=1S/C28H35N3O5/c1-6-8-18-29-25(33)24(21-12-10-9-11-13-21)31(7-2)26(34)23(30-27(35)36-28(3,4)5)19-20-14-16-22(32)17-15-20/h2,9-17,23-24,32H,6,8,18-19H2,1,3-5H3,(H,29,33)(H,30,35). The first kappa shape index (κ1) is 28.2. The first-order valence-corrected chi connectivity index (χ1v) is 11.9. The van der Waals surface area contributed by atoms with Crippen molar-refractivity contribution >= 4 is 17.9 Å². The lowest BCUT2D eigenvalue weighted by atomic mass is 10.0. The van der Waals surface area contributed by atoms with Crippen LogP contribution in [-0.2, 0) is 20.7 Å². The Morgan fingerprint density at radius 2 is 1.72 bits per heavy atom. The van der Waals surface area contributed by atoms with Crippen molar-refractivity contribution in [3.05, 3.63) is 65.7 Å². The number of aromatic hydroxyl groups is 1. The fourth-order valence-corrected chi connectivity index (χ4v) is 3.49. The molecule has 2 unspecified atom stereocenters. The van der Waals surface area contributed by atoms with Gasteiger partial charge in [0.05, 0.1) is 0 Å². The van der Waals surface area contributed by atoms with E-state index in [9.17, 15) is 19.5 Å². The highest BCUT2D eigenvalue weighted by Gasteiger charge is 2.35. The van der Waals surface area contributed by atoms with Gasteiger partial charge in [0.15, 0.2) is 0 Å². The number of terminal acetylenes is 1. The maximum absolute atomic E-state index is 13.8. The van der Waals surface area contributed by atoms with Crippen molar-refractivity contribution in [2.75, 3.05) is 6.54 Å². The van der Waals surface area contributed by atoms with Crippen LogP contribution in [0.5, 0.6) is 5.75 Å². The number of rotatable bonds is 10. The number of unbranched alkanes of at least 4 members (excludes halogenated alkanes) is 1. The topological polar surface area (TPSA) is 108 Å². The summed E-state index contributed by atoms with van der Waals surface area (Å²) in [5.41, 5.74) is 0.426. The fourth-order valence-electron chi connectivity index (χ4n) is 3.49. The van der Waals surface area contributed by atoms with Crippen LogP contribution in [0.1, 0.15) is 57.7 Å². The van der Waals surface area contributed by atoms with E-state index in [4.69, 9.17) is 11.2 Å². The summed E-state index contributed by atoms with van der Waals surface area (Å²) in [6.45, 7) is 7.59. The molecule has 8 nitrogen and oxygen atoms in total. The van der Waals surface area contributed by atoms with Gasteiger partial charge in [-0.1, -0.05) is 62.2 Å². The molecule has 2 aromatic rings. The van der Waals surface area contributed by atoms with Crippen molar-refractivity contribution in [1.29, 1.82) is 0 Å². The number of carbonyl (C=O) groups is 3. The van der Waals surface area contributed by atoms with Crippen LogP contribution in [-0.4, -0.2) is 46.1 Å². The third-order valence-corrected chi connectivity index (χ3v) is 5.19. The predicted octanol–water partition coefficient (Wildman–Crippen LogP) is 3.90. The summed E-state index contributed by atoms with van der Waals surface area (Å²) < 4.78 is 5.35. The van der Waals surface area contributed by atoms with Gasteiger partial charge in [-0.3, -0.25) is 14.5 Å². The Hall–Kier alpha value is -3.99. The molecule has 0 saturated carbocycles. The molecule has 0 radical (unpaired) electrons. The van der Waals surface area contributed by atoms with E-state index in [1.54, 1.807) is 63.2 Å². The first-order chi connectivity index (χ1) is 17.1. The van der Waals surface area contributed by atoms with Crippen molar-refractivity contribution in [2.45, 2.75) is 64.6 Å². The maximum Gasteiger partial charge on any atom is 0.408 e. The molecule has 0 bridgehead atoms. The van der Waals surface area contributed by atoms with Gasteiger partial charge in [-0.05, 0) is 50.5 Å². The molecule has 0 saturated heterocycles. The van der Waals surface area contributed by atoms with Crippen LogP contribution in [0.25, 0.3) is 0 Å². The number of phenols is 1. The number of hydrogen-bond acceptors (Lipinski definition) is 5. The Morgan fingerprint density at radius 1 is 1.08 bits per heavy atom. The average molecular weight is 494 g/mol. The minimum Gasteiger partial charge on any atom is -0.508 e. The maximum atomic E-state index is 13.8. The van der Waals surface area contributed by atoms with Crippen LogP contribution >= 0.6 is 0 Å². The van der Waals surface area contributed by atoms with Crippen molar-refractivity contribution in [2.24, 2.45) is 0 Å². The third kappa shape index (κ3) is 8.66. The van der Waals surface area contributed by atoms with Crippen molar-refractivity contribution in [1.82, 2.24) is 15.5 Å². The molecule has 0 aliphatic carbocycles. The molecule has 2 atom stereocenters. The Bertz CT molecular complexity index is 1060. The molecule has 8 heteroatoms. The minimum atomic E-state index is -1.13. The summed E-state index contributed by atoms with van der Waals surface area (Å²) in [6.07, 6.45) is 6.73. The Labute approximate surface area is 213 Å². The normalized spacial score (nSPS) is 12.5. The van der Waals surface area contributed by atoms with Crippen LogP contribution in [0, 0.1) is 12.5 Å². The van der Waals surface area contributed by atoms with Gasteiger partial charge < -0.3 is 20.5 Å². The Morgan fingerprint density at radius 3 is 2.28 bits per heavy atom. The van der Waals surface area contributed by atoms with Gasteiger partial charge in [0.2, 0.25) is 5.91 Å². The summed E-state index contributed by atoms with van der Waals surface area (Å²) in [4.78, 5) is 40.6. The first-order valence-electron chi connectivity index (χ1n) is 11.9. The predicted molar refractivity (Wildman–Crippen MR) is 138 cm³/mol. The Kier molecular flexibility index (Phi) is 10.4. The fraction of sp³-hybridized carbons (Fsp3) is 0.393. The van der Waals surface area contributed by atoms with Crippen LogP contribution < -0.4 is 10.6 Å². The second-order valence-electron chi connectivity index (χ2n) is 9.36. The van der Waals surface area contributed by atoms with Crippen LogP contribution in [0.2, 0.25) is 0 Å². The summed E-state index contributed by atoms with van der Waals surface area (Å²) in [7, 11) is 0. The van der Waals surface area contributed by atoms with E-state index in [1.807, 2.05) is 6.92 Å².